The third-order valence-corrected chi connectivity index (χ3v) is 7.24. The standard InChI is InChI=1S/C30H32N2OS/c1-30(2,3)24-12-14-25(15-13-24)33-19-18-31-21-27(26-10-6-7-11-28(26)31)29(34)32-17-16-22-8-4-5-9-23(22)20-32/h4-15,21H,16-20H2,1-3H3. The second kappa shape index (κ2) is 9.27. The van der Waals surface area contributed by atoms with Crippen LogP contribution >= 0.6 is 12.2 Å². The SMILES string of the molecule is CC(C)(C)c1ccc(OCCn2cc(C(=S)N3CCc4ccccc4C3)c3ccccc32)cc1. The zero-order valence-electron chi connectivity index (χ0n) is 20.3. The van der Waals surface area contributed by atoms with Crippen LogP contribution < -0.4 is 4.74 Å². The third kappa shape index (κ3) is 4.60. The quantitative estimate of drug-likeness (QED) is 0.302. The Bertz CT molecular complexity index is 1310. The van der Waals surface area contributed by atoms with Crippen molar-refractivity contribution in [3.63, 3.8) is 0 Å². The topological polar surface area (TPSA) is 17.4 Å². The van der Waals surface area contributed by atoms with Gasteiger partial charge in [0.25, 0.3) is 0 Å². The van der Waals surface area contributed by atoms with Crippen molar-refractivity contribution in [1.82, 2.24) is 9.47 Å². The fourth-order valence-corrected chi connectivity index (χ4v) is 5.07. The summed E-state index contributed by atoms with van der Waals surface area (Å²) in [5.74, 6) is 0.909. The molecule has 4 heteroatoms. The Morgan fingerprint density at radius 1 is 0.912 bits per heavy atom. The summed E-state index contributed by atoms with van der Waals surface area (Å²) in [6.07, 6.45) is 3.25. The van der Waals surface area contributed by atoms with E-state index in [9.17, 15) is 0 Å². The van der Waals surface area contributed by atoms with E-state index in [-0.39, 0.29) is 5.41 Å². The van der Waals surface area contributed by atoms with Crippen molar-refractivity contribution < 1.29 is 4.74 Å². The highest BCUT2D eigenvalue weighted by Gasteiger charge is 2.22. The number of benzene rings is 3. The molecule has 3 aromatic carbocycles. The first-order valence-electron chi connectivity index (χ1n) is 12.1. The number of thiocarbonyl (C=S) groups is 1. The van der Waals surface area contributed by atoms with Crippen LogP contribution in [0.25, 0.3) is 10.9 Å². The average molecular weight is 469 g/mol. The maximum absolute atomic E-state index is 6.09. The highest BCUT2D eigenvalue weighted by atomic mass is 32.1. The van der Waals surface area contributed by atoms with Crippen molar-refractivity contribution >= 4 is 28.1 Å². The van der Waals surface area contributed by atoms with Crippen molar-refractivity contribution in [2.45, 2.75) is 45.7 Å². The number of para-hydroxylation sites is 1. The van der Waals surface area contributed by atoms with Gasteiger partial charge >= 0.3 is 0 Å². The van der Waals surface area contributed by atoms with E-state index in [4.69, 9.17) is 17.0 Å². The highest BCUT2D eigenvalue weighted by Crippen LogP contribution is 2.27. The molecule has 0 saturated heterocycles. The summed E-state index contributed by atoms with van der Waals surface area (Å²) >= 11 is 6.02. The summed E-state index contributed by atoms with van der Waals surface area (Å²) in [6.45, 7) is 9.90. The molecule has 4 aromatic rings. The Morgan fingerprint density at radius 3 is 2.38 bits per heavy atom. The van der Waals surface area contributed by atoms with Gasteiger partial charge < -0.3 is 14.2 Å². The molecule has 34 heavy (non-hydrogen) atoms. The van der Waals surface area contributed by atoms with Crippen molar-refractivity contribution in [2.24, 2.45) is 0 Å². The number of nitrogens with zero attached hydrogens (tertiary/aromatic N) is 2. The molecule has 0 amide bonds. The van der Waals surface area contributed by atoms with Gasteiger partial charge in [-0.1, -0.05) is 87.6 Å². The van der Waals surface area contributed by atoms with E-state index in [0.29, 0.717) is 6.61 Å². The molecule has 5 rings (SSSR count). The number of hydrogen-bond acceptors (Lipinski definition) is 2. The third-order valence-electron chi connectivity index (χ3n) is 6.76. The van der Waals surface area contributed by atoms with Crippen LogP contribution in [-0.4, -0.2) is 27.6 Å². The van der Waals surface area contributed by atoms with Gasteiger partial charge in [-0.05, 0) is 46.7 Å². The minimum atomic E-state index is 0.147. The lowest BCUT2D eigenvalue weighted by Gasteiger charge is -2.30. The second-order valence-electron chi connectivity index (χ2n) is 10.1. The number of fused-ring (bicyclic) bond motifs is 2. The van der Waals surface area contributed by atoms with Crippen LogP contribution in [0.5, 0.6) is 5.75 Å². The second-order valence-corrected chi connectivity index (χ2v) is 10.5. The van der Waals surface area contributed by atoms with E-state index < -0.39 is 0 Å². The Morgan fingerprint density at radius 2 is 1.62 bits per heavy atom. The van der Waals surface area contributed by atoms with Crippen LogP contribution in [0.2, 0.25) is 0 Å². The number of aromatic nitrogens is 1. The van der Waals surface area contributed by atoms with Crippen LogP contribution in [0, 0.1) is 0 Å². The number of rotatable bonds is 5. The van der Waals surface area contributed by atoms with Crippen molar-refractivity contribution in [3.8, 4) is 5.75 Å². The van der Waals surface area contributed by atoms with Crippen molar-refractivity contribution in [2.75, 3.05) is 13.2 Å². The lowest BCUT2D eigenvalue weighted by Crippen LogP contribution is -2.35. The molecule has 0 fully saturated rings. The van der Waals surface area contributed by atoms with Gasteiger partial charge in [0.15, 0.2) is 0 Å². The van der Waals surface area contributed by atoms with Gasteiger partial charge in [-0.25, -0.2) is 0 Å². The fraction of sp³-hybridized carbons (Fsp3) is 0.300. The lowest BCUT2D eigenvalue weighted by molar-refractivity contribution is 0.300. The molecule has 0 unspecified atom stereocenters. The zero-order chi connectivity index (χ0) is 23.7. The molecule has 3 nitrogen and oxygen atoms in total. The van der Waals surface area contributed by atoms with E-state index >= 15 is 0 Å². The maximum atomic E-state index is 6.09. The van der Waals surface area contributed by atoms with Crippen LogP contribution in [-0.2, 0) is 24.9 Å². The molecule has 0 bridgehead atoms. The van der Waals surface area contributed by atoms with E-state index in [1.165, 1.54) is 27.6 Å². The van der Waals surface area contributed by atoms with Crippen LogP contribution in [0.1, 0.15) is 43.0 Å². The van der Waals surface area contributed by atoms with Crippen LogP contribution in [0.3, 0.4) is 0 Å². The molecule has 0 spiro atoms. The monoisotopic (exact) mass is 468 g/mol. The fourth-order valence-electron chi connectivity index (χ4n) is 4.75. The van der Waals surface area contributed by atoms with Gasteiger partial charge in [0, 0.05) is 35.8 Å². The first-order chi connectivity index (χ1) is 16.4. The van der Waals surface area contributed by atoms with E-state index in [2.05, 4.69) is 109 Å². The summed E-state index contributed by atoms with van der Waals surface area (Å²) in [6, 6.07) is 25.7. The molecule has 0 radical (unpaired) electrons. The van der Waals surface area contributed by atoms with Gasteiger partial charge in [-0.3, -0.25) is 0 Å². The summed E-state index contributed by atoms with van der Waals surface area (Å²) in [4.78, 5) is 3.28. The lowest BCUT2D eigenvalue weighted by atomic mass is 9.87. The first-order valence-corrected chi connectivity index (χ1v) is 12.5. The Labute approximate surface area is 208 Å². The first kappa shape index (κ1) is 22.7. The van der Waals surface area contributed by atoms with Gasteiger partial charge in [-0.2, -0.15) is 0 Å². The molecule has 1 aliphatic rings. The zero-order valence-corrected chi connectivity index (χ0v) is 21.1. The smallest absolute Gasteiger partial charge is 0.119 e. The summed E-state index contributed by atoms with van der Waals surface area (Å²) in [5.41, 5.74) is 6.62. The average Bonchev–Trinajstić information content (AvgIpc) is 3.22. The summed E-state index contributed by atoms with van der Waals surface area (Å²) < 4.78 is 8.36. The Kier molecular flexibility index (Phi) is 6.18. The van der Waals surface area contributed by atoms with Crippen LogP contribution in [0.15, 0.2) is 79.0 Å². The molecule has 1 aliphatic heterocycles. The number of ether oxygens (including phenoxy) is 1. The van der Waals surface area contributed by atoms with E-state index in [0.717, 1.165) is 42.4 Å². The van der Waals surface area contributed by atoms with Crippen molar-refractivity contribution in [3.05, 3.63) is 101 Å². The minimum Gasteiger partial charge on any atom is -0.492 e. The molecule has 0 aliphatic carbocycles. The Hall–Kier alpha value is -3.11. The normalized spacial score (nSPS) is 13.7. The van der Waals surface area contributed by atoms with Crippen LogP contribution in [0.4, 0.5) is 0 Å². The summed E-state index contributed by atoms with van der Waals surface area (Å²) in [5, 5.41) is 1.21. The Balaban J connectivity index is 1.31. The molecular weight excluding hydrogens is 436 g/mol. The highest BCUT2D eigenvalue weighted by molar-refractivity contribution is 7.80. The predicted octanol–water partition coefficient (Wildman–Crippen LogP) is 6.75. The molecule has 0 atom stereocenters. The largest absolute Gasteiger partial charge is 0.492 e. The van der Waals surface area contributed by atoms with E-state index in [1.54, 1.807) is 0 Å². The molecular formula is C30H32N2OS. The molecule has 0 saturated carbocycles. The van der Waals surface area contributed by atoms with Crippen molar-refractivity contribution in [1.29, 1.82) is 0 Å². The van der Waals surface area contributed by atoms with Gasteiger partial charge in [-0.15, -0.1) is 0 Å². The van der Waals surface area contributed by atoms with Gasteiger partial charge in [0.1, 0.15) is 17.3 Å². The molecule has 1 aromatic heterocycles. The minimum absolute atomic E-state index is 0.147. The molecule has 0 N–H and O–H groups in total. The predicted molar refractivity (Wildman–Crippen MR) is 145 cm³/mol. The molecule has 174 valence electrons. The van der Waals surface area contributed by atoms with Gasteiger partial charge in [0.05, 0.1) is 6.54 Å². The summed E-state index contributed by atoms with van der Waals surface area (Å²) in [7, 11) is 0. The maximum Gasteiger partial charge on any atom is 0.119 e. The molecule has 2 heterocycles. The number of hydrogen-bond donors (Lipinski definition) is 0. The van der Waals surface area contributed by atoms with Gasteiger partial charge in [0.2, 0.25) is 0 Å². The van der Waals surface area contributed by atoms with E-state index in [1.807, 2.05) is 0 Å².